The minimum Gasteiger partial charge on any atom is -0.462 e. The molecule has 0 aromatic rings. The van der Waals surface area contributed by atoms with E-state index in [9.17, 15) is 19.0 Å². The van der Waals surface area contributed by atoms with Crippen molar-refractivity contribution in [2.45, 2.75) is 187 Å². The first-order chi connectivity index (χ1) is 28.8. The Morgan fingerprint density at radius 2 is 0.932 bits per heavy atom. The molecule has 0 aromatic heterocycles. The van der Waals surface area contributed by atoms with Crippen molar-refractivity contribution in [3.8, 4) is 0 Å². The molecule has 0 saturated carbocycles. The quantitative estimate of drug-likeness (QED) is 0.0266. The molecular weight excluding hydrogens is 762 g/mol. The molecule has 338 valence electrons. The van der Waals surface area contributed by atoms with Crippen LogP contribution in [0.5, 0.6) is 0 Å². The molecule has 0 amide bonds. The molecule has 0 saturated heterocycles. The van der Waals surface area contributed by atoms with Crippen LogP contribution in [0.25, 0.3) is 0 Å². The Morgan fingerprint density at radius 3 is 1.44 bits per heavy atom. The van der Waals surface area contributed by atoms with Crippen molar-refractivity contribution in [1.82, 2.24) is 0 Å². The molecule has 3 N–H and O–H groups in total. The van der Waals surface area contributed by atoms with Crippen molar-refractivity contribution in [3.05, 3.63) is 85.1 Å². The fourth-order valence-corrected chi connectivity index (χ4v) is 6.63. The molecule has 2 atom stereocenters. The van der Waals surface area contributed by atoms with Crippen LogP contribution in [0.2, 0.25) is 0 Å². The molecular formula is C49H84NO8P. The van der Waals surface area contributed by atoms with Gasteiger partial charge in [-0.05, 0) is 89.9 Å². The summed E-state index contributed by atoms with van der Waals surface area (Å²) in [6.45, 7) is 3.55. The van der Waals surface area contributed by atoms with E-state index in [1.54, 1.807) is 0 Å². The van der Waals surface area contributed by atoms with Crippen molar-refractivity contribution < 1.29 is 37.6 Å². The molecule has 0 spiro atoms. The summed E-state index contributed by atoms with van der Waals surface area (Å²) in [5.74, 6) is -0.890. The van der Waals surface area contributed by atoms with E-state index in [0.717, 1.165) is 83.5 Å². The highest BCUT2D eigenvalue weighted by Crippen LogP contribution is 2.43. The van der Waals surface area contributed by atoms with Gasteiger partial charge in [0.15, 0.2) is 6.10 Å². The molecule has 0 heterocycles. The maximum atomic E-state index is 12.6. The van der Waals surface area contributed by atoms with E-state index >= 15 is 0 Å². The average molecular weight is 846 g/mol. The van der Waals surface area contributed by atoms with Crippen LogP contribution in [0.3, 0.4) is 0 Å². The number of hydrogen-bond donors (Lipinski definition) is 2. The first-order valence-corrected chi connectivity index (χ1v) is 24.6. The van der Waals surface area contributed by atoms with Crippen molar-refractivity contribution >= 4 is 19.8 Å². The molecule has 0 aromatic carbocycles. The number of phosphoric ester groups is 1. The SMILES string of the molecule is CC/C=C\C/C=C\C/C=C\C/C=C\C/C=C\C/C=C\CCCCC(=O)OC(COC(=O)CCCCCCCCC/C=C\CCCCCCCC)COP(=O)(O)OCCN. The standard InChI is InChI=1S/C49H84NO8P/c1-3-5-7-9-11-13-15-17-19-21-22-23-24-26-28-30-32-34-36-38-40-42-49(52)58-47(46-57-59(53,54)56-44-43-50)45-55-48(51)41-39-37-35-33-31-29-27-25-20-18-16-14-12-10-8-6-4-2/h5,7,11,13,17-20,22-23,26,28,32,34,47H,3-4,6,8-10,12,14-16,21,24-25,27,29-31,33,35-46,50H2,1-2H3,(H,53,54)/b7-5-,13-11-,19-17-,20-18-,23-22-,28-26-,34-32-. The molecule has 0 rings (SSSR count). The molecule has 2 unspecified atom stereocenters. The van der Waals surface area contributed by atoms with E-state index in [1.807, 2.05) is 0 Å². The predicted octanol–water partition coefficient (Wildman–Crippen LogP) is 13.6. The molecule has 10 heteroatoms. The average Bonchev–Trinajstić information content (AvgIpc) is 3.22. The van der Waals surface area contributed by atoms with Gasteiger partial charge in [0, 0.05) is 19.4 Å². The van der Waals surface area contributed by atoms with Crippen molar-refractivity contribution in [2.24, 2.45) is 5.73 Å². The molecule has 0 aliphatic carbocycles. The van der Waals surface area contributed by atoms with Crippen LogP contribution in [0.1, 0.15) is 181 Å². The van der Waals surface area contributed by atoms with Gasteiger partial charge in [-0.3, -0.25) is 18.6 Å². The summed E-state index contributed by atoms with van der Waals surface area (Å²) in [4.78, 5) is 34.9. The van der Waals surface area contributed by atoms with Gasteiger partial charge in [0.05, 0.1) is 13.2 Å². The molecule has 59 heavy (non-hydrogen) atoms. The highest BCUT2D eigenvalue weighted by molar-refractivity contribution is 7.47. The van der Waals surface area contributed by atoms with Crippen LogP contribution in [0.4, 0.5) is 0 Å². The lowest BCUT2D eigenvalue weighted by Crippen LogP contribution is -2.29. The highest BCUT2D eigenvalue weighted by atomic mass is 31.2. The zero-order valence-electron chi connectivity index (χ0n) is 37.2. The number of esters is 2. The number of ether oxygens (including phenoxy) is 2. The largest absolute Gasteiger partial charge is 0.472 e. The number of phosphoric acid groups is 1. The molecule has 0 aliphatic heterocycles. The van der Waals surface area contributed by atoms with Gasteiger partial charge in [0.1, 0.15) is 6.61 Å². The summed E-state index contributed by atoms with van der Waals surface area (Å²) in [5.41, 5.74) is 5.35. The summed E-state index contributed by atoms with van der Waals surface area (Å²) < 4.78 is 32.8. The van der Waals surface area contributed by atoms with Gasteiger partial charge in [-0.2, -0.15) is 0 Å². The molecule has 9 nitrogen and oxygen atoms in total. The Kier molecular flexibility index (Phi) is 42.6. The van der Waals surface area contributed by atoms with E-state index in [2.05, 4.69) is 98.9 Å². The van der Waals surface area contributed by atoms with Gasteiger partial charge < -0.3 is 20.1 Å². The highest BCUT2D eigenvalue weighted by Gasteiger charge is 2.26. The van der Waals surface area contributed by atoms with E-state index in [-0.39, 0.29) is 32.6 Å². The summed E-state index contributed by atoms with van der Waals surface area (Å²) in [6, 6.07) is 0. The van der Waals surface area contributed by atoms with Crippen LogP contribution in [-0.2, 0) is 32.7 Å². The lowest BCUT2D eigenvalue weighted by molar-refractivity contribution is -0.161. The van der Waals surface area contributed by atoms with Crippen molar-refractivity contribution in [1.29, 1.82) is 0 Å². The van der Waals surface area contributed by atoms with Gasteiger partial charge in [-0.1, -0.05) is 163 Å². The first kappa shape index (κ1) is 56.2. The first-order valence-electron chi connectivity index (χ1n) is 23.1. The number of carbonyl (C=O) groups excluding carboxylic acids is 2. The maximum Gasteiger partial charge on any atom is 0.472 e. The fourth-order valence-electron chi connectivity index (χ4n) is 5.87. The van der Waals surface area contributed by atoms with E-state index in [4.69, 9.17) is 24.3 Å². The molecule has 0 fully saturated rings. The normalized spacial score (nSPS) is 14.0. The second-order valence-electron chi connectivity index (χ2n) is 14.9. The summed E-state index contributed by atoms with van der Waals surface area (Å²) in [6.07, 6.45) is 56.1. The van der Waals surface area contributed by atoms with Gasteiger partial charge >= 0.3 is 19.8 Å². The van der Waals surface area contributed by atoms with Crippen LogP contribution in [0.15, 0.2) is 85.1 Å². The second kappa shape index (κ2) is 44.7. The van der Waals surface area contributed by atoms with E-state index in [1.165, 1.54) is 64.2 Å². The summed E-state index contributed by atoms with van der Waals surface area (Å²) in [7, 11) is -4.40. The third-order valence-electron chi connectivity index (χ3n) is 9.27. The number of rotatable bonds is 42. The van der Waals surface area contributed by atoms with Crippen LogP contribution in [0, 0.1) is 0 Å². The molecule has 0 bridgehead atoms. The number of carbonyl (C=O) groups is 2. The summed E-state index contributed by atoms with van der Waals surface area (Å²) in [5, 5.41) is 0. The monoisotopic (exact) mass is 846 g/mol. The number of nitrogens with two attached hydrogens (primary N) is 1. The Bertz CT molecular complexity index is 1240. The second-order valence-corrected chi connectivity index (χ2v) is 16.3. The van der Waals surface area contributed by atoms with Gasteiger partial charge in [-0.25, -0.2) is 4.57 Å². The van der Waals surface area contributed by atoms with E-state index < -0.39 is 32.5 Å². The minimum absolute atomic E-state index is 0.0412. The summed E-state index contributed by atoms with van der Waals surface area (Å²) >= 11 is 0. The van der Waals surface area contributed by atoms with Gasteiger partial charge in [-0.15, -0.1) is 0 Å². The Labute approximate surface area is 360 Å². The smallest absolute Gasteiger partial charge is 0.462 e. The van der Waals surface area contributed by atoms with Crippen LogP contribution >= 0.6 is 7.82 Å². The minimum atomic E-state index is -4.40. The van der Waals surface area contributed by atoms with Gasteiger partial charge in [0.25, 0.3) is 0 Å². The molecule has 0 aliphatic rings. The topological polar surface area (TPSA) is 134 Å². The molecule has 0 radical (unpaired) electrons. The van der Waals surface area contributed by atoms with Crippen LogP contribution in [-0.4, -0.2) is 49.3 Å². The van der Waals surface area contributed by atoms with Crippen LogP contribution < -0.4 is 5.73 Å². The van der Waals surface area contributed by atoms with Crippen molar-refractivity contribution in [3.63, 3.8) is 0 Å². The zero-order chi connectivity index (χ0) is 43.2. The lowest BCUT2D eigenvalue weighted by atomic mass is 10.1. The number of allylic oxidation sites excluding steroid dienone is 14. The number of unbranched alkanes of at least 4 members (excludes halogenated alkanes) is 15. The third-order valence-corrected chi connectivity index (χ3v) is 10.2. The van der Waals surface area contributed by atoms with Gasteiger partial charge in [0.2, 0.25) is 0 Å². The Morgan fingerprint density at radius 1 is 0.525 bits per heavy atom. The Hall–Kier alpha value is -2.81. The third kappa shape index (κ3) is 44.6. The number of hydrogen-bond acceptors (Lipinski definition) is 8. The predicted molar refractivity (Wildman–Crippen MR) is 247 cm³/mol. The van der Waals surface area contributed by atoms with Crippen molar-refractivity contribution in [2.75, 3.05) is 26.4 Å². The fraction of sp³-hybridized carbons (Fsp3) is 0.673. The Balaban J connectivity index is 4.24. The zero-order valence-corrected chi connectivity index (χ0v) is 38.1. The maximum absolute atomic E-state index is 12.6. The van der Waals surface area contributed by atoms with E-state index in [0.29, 0.717) is 6.42 Å². The lowest BCUT2D eigenvalue weighted by Gasteiger charge is -2.19.